The van der Waals surface area contributed by atoms with E-state index in [1.807, 2.05) is 49.4 Å². The molecule has 0 unspecified atom stereocenters. The lowest BCUT2D eigenvalue weighted by atomic mass is 10.2. The molecule has 0 bridgehead atoms. The third-order valence-electron chi connectivity index (χ3n) is 4.87. The second-order valence-corrected chi connectivity index (χ2v) is 8.61. The lowest BCUT2D eigenvalue weighted by Crippen LogP contribution is -2.22. The predicted octanol–water partition coefficient (Wildman–Crippen LogP) is 6.23. The fourth-order valence-corrected chi connectivity index (χ4v) is 3.85. The van der Waals surface area contributed by atoms with E-state index < -0.39 is 0 Å². The number of nitrogens with zero attached hydrogens (tertiary/aromatic N) is 3. The Balaban J connectivity index is 1.72. The molecule has 5 nitrogen and oxygen atoms in total. The summed E-state index contributed by atoms with van der Waals surface area (Å²) in [6, 6.07) is 20.7. The molecule has 0 radical (unpaired) electrons. The van der Waals surface area contributed by atoms with Gasteiger partial charge in [-0.3, -0.25) is 4.79 Å². The third-order valence-corrected chi connectivity index (χ3v) is 5.60. The second-order valence-electron chi connectivity index (χ2n) is 7.26. The summed E-state index contributed by atoms with van der Waals surface area (Å²) >= 11 is 9.64. The Kier molecular flexibility index (Phi) is 7.02. The Bertz CT molecular complexity index is 1340. The topological polar surface area (TPSA) is 56.5 Å². The van der Waals surface area contributed by atoms with E-state index in [9.17, 15) is 4.79 Å². The van der Waals surface area contributed by atoms with E-state index in [0.29, 0.717) is 46.1 Å². The van der Waals surface area contributed by atoms with E-state index in [0.717, 1.165) is 16.5 Å². The molecule has 0 saturated heterocycles. The van der Waals surface area contributed by atoms with Gasteiger partial charge in [0.2, 0.25) is 0 Å². The van der Waals surface area contributed by atoms with Gasteiger partial charge in [-0.2, -0.15) is 9.78 Å². The molecule has 0 N–H and O–H groups in total. The van der Waals surface area contributed by atoms with Crippen molar-refractivity contribution in [3.05, 3.63) is 104 Å². The first-order chi connectivity index (χ1) is 15.5. The lowest BCUT2D eigenvalue weighted by molar-refractivity contribution is 0.306. The van der Waals surface area contributed by atoms with Gasteiger partial charge in [-0.15, -0.1) is 0 Å². The molecule has 3 aromatic carbocycles. The summed E-state index contributed by atoms with van der Waals surface area (Å²) < 4.78 is 8.18. The fourth-order valence-electron chi connectivity index (χ4n) is 3.31. The molecule has 7 heteroatoms. The molecule has 1 aromatic heterocycles. The zero-order valence-electron chi connectivity index (χ0n) is 17.5. The van der Waals surface area contributed by atoms with Gasteiger partial charge in [0.25, 0.3) is 5.56 Å². The van der Waals surface area contributed by atoms with Gasteiger partial charge in [0.05, 0.1) is 17.1 Å². The number of ether oxygens (including phenoxy) is 1. The van der Waals surface area contributed by atoms with Crippen LogP contribution in [0.15, 0.2) is 81.1 Å². The molecule has 0 saturated carbocycles. The molecule has 0 atom stereocenters. The van der Waals surface area contributed by atoms with Gasteiger partial charge < -0.3 is 4.74 Å². The fraction of sp³-hybridized carbons (Fsp3) is 0.160. The van der Waals surface area contributed by atoms with E-state index >= 15 is 0 Å². The van der Waals surface area contributed by atoms with E-state index in [1.165, 1.54) is 4.68 Å². The van der Waals surface area contributed by atoms with E-state index in [-0.39, 0.29) is 5.56 Å². The molecule has 0 aliphatic carbocycles. The van der Waals surface area contributed by atoms with Crippen molar-refractivity contribution >= 4 is 44.6 Å². The predicted molar refractivity (Wildman–Crippen MR) is 133 cm³/mol. The van der Waals surface area contributed by atoms with Crippen molar-refractivity contribution in [2.75, 3.05) is 0 Å². The molecular weight excluding hydrogens is 490 g/mol. The van der Waals surface area contributed by atoms with Gasteiger partial charge >= 0.3 is 0 Å². The molecule has 4 aromatic rings. The van der Waals surface area contributed by atoms with Crippen molar-refractivity contribution in [3.63, 3.8) is 0 Å². The molecule has 0 amide bonds. The zero-order chi connectivity index (χ0) is 22.5. The van der Waals surface area contributed by atoms with Crippen LogP contribution in [0.25, 0.3) is 10.9 Å². The number of aryl methyl sites for hydroxylation is 1. The first-order valence-corrected chi connectivity index (χ1v) is 11.4. The summed E-state index contributed by atoms with van der Waals surface area (Å²) in [5.74, 6) is 1.24. The van der Waals surface area contributed by atoms with Gasteiger partial charge in [-0.1, -0.05) is 64.8 Å². The van der Waals surface area contributed by atoms with Gasteiger partial charge in [-0.05, 0) is 48.4 Å². The van der Waals surface area contributed by atoms with Crippen LogP contribution in [0.2, 0.25) is 5.02 Å². The number of hydrogen-bond donors (Lipinski definition) is 0. The van der Waals surface area contributed by atoms with Crippen LogP contribution >= 0.6 is 27.5 Å². The van der Waals surface area contributed by atoms with E-state index in [4.69, 9.17) is 16.3 Å². The quantitative estimate of drug-likeness (QED) is 0.277. The Morgan fingerprint density at radius 2 is 1.94 bits per heavy atom. The highest BCUT2D eigenvalue weighted by molar-refractivity contribution is 9.10. The number of hydrogen-bond acceptors (Lipinski definition) is 4. The van der Waals surface area contributed by atoms with Crippen LogP contribution in [0.1, 0.15) is 30.3 Å². The SMILES string of the molecule is CCCc1nc2ccc(Br)cc2c(=O)n1N=Cc1cc(Cl)ccc1OCc1ccccc1. The van der Waals surface area contributed by atoms with Crippen LogP contribution in [-0.4, -0.2) is 15.9 Å². The molecule has 0 fully saturated rings. The highest BCUT2D eigenvalue weighted by Crippen LogP contribution is 2.23. The van der Waals surface area contributed by atoms with Crippen LogP contribution in [0.3, 0.4) is 0 Å². The number of fused-ring (bicyclic) bond motifs is 1. The maximum absolute atomic E-state index is 13.2. The van der Waals surface area contributed by atoms with E-state index in [1.54, 1.807) is 30.5 Å². The zero-order valence-corrected chi connectivity index (χ0v) is 19.8. The summed E-state index contributed by atoms with van der Waals surface area (Å²) in [7, 11) is 0. The van der Waals surface area contributed by atoms with Crippen molar-refractivity contribution in [1.29, 1.82) is 0 Å². The van der Waals surface area contributed by atoms with E-state index in [2.05, 4.69) is 26.0 Å². The Hall–Kier alpha value is -2.96. The summed E-state index contributed by atoms with van der Waals surface area (Å²) in [5.41, 5.74) is 2.17. The first kappa shape index (κ1) is 22.2. The molecule has 162 valence electrons. The molecule has 4 rings (SSSR count). The summed E-state index contributed by atoms with van der Waals surface area (Å²) in [4.78, 5) is 17.9. The molecule has 0 spiro atoms. The largest absolute Gasteiger partial charge is 0.488 e. The maximum Gasteiger partial charge on any atom is 0.282 e. The van der Waals surface area contributed by atoms with Crippen LogP contribution in [-0.2, 0) is 13.0 Å². The van der Waals surface area contributed by atoms with Gasteiger partial charge in [0.1, 0.15) is 18.2 Å². The van der Waals surface area contributed by atoms with Crippen molar-refractivity contribution in [1.82, 2.24) is 9.66 Å². The molecule has 32 heavy (non-hydrogen) atoms. The highest BCUT2D eigenvalue weighted by atomic mass is 79.9. The number of rotatable bonds is 7. The van der Waals surface area contributed by atoms with Crippen molar-refractivity contribution < 1.29 is 4.74 Å². The molecular formula is C25H21BrClN3O2. The van der Waals surface area contributed by atoms with Gasteiger partial charge in [0.15, 0.2) is 0 Å². The van der Waals surface area contributed by atoms with Crippen LogP contribution in [0, 0.1) is 0 Å². The summed E-state index contributed by atoms with van der Waals surface area (Å²) in [5, 5.41) is 5.55. The molecule has 0 aliphatic heterocycles. The second kappa shape index (κ2) is 10.1. The number of aromatic nitrogens is 2. The number of benzene rings is 3. The van der Waals surface area contributed by atoms with Crippen LogP contribution in [0.4, 0.5) is 0 Å². The van der Waals surface area contributed by atoms with Crippen molar-refractivity contribution in [3.8, 4) is 5.75 Å². The normalized spacial score (nSPS) is 11.3. The minimum absolute atomic E-state index is 0.218. The van der Waals surface area contributed by atoms with Crippen LogP contribution < -0.4 is 10.3 Å². The Morgan fingerprint density at radius 3 is 2.72 bits per heavy atom. The monoisotopic (exact) mass is 509 g/mol. The van der Waals surface area contributed by atoms with Gasteiger partial charge in [0, 0.05) is 21.5 Å². The summed E-state index contributed by atoms with van der Waals surface area (Å²) in [6.45, 7) is 2.45. The smallest absolute Gasteiger partial charge is 0.282 e. The molecule has 1 heterocycles. The van der Waals surface area contributed by atoms with Gasteiger partial charge in [-0.25, -0.2) is 4.98 Å². The minimum Gasteiger partial charge on any atom is -0.488 e. The third kappa shape index (κ3) is 5.09. The first-order valence-electron chi connectivity index (χ1n) is 10.3. The standard InChI is InChI=1S/C25H21BrClN3O2/c1-2-6-24-29-22-11-9-19(26)14-21(22)25(31)30(24)28-15-18-13-20(27)10-12-23(18)32-16-17-7-4-3-5-8-17/h3-5,7-15H,2,6,16H2,1H3. The maximum atomic E-state index is 13.2. The summed E-state index contributed by atoms with van der Waals surface area (Å²) in [6.07, 6.45) is 3.07. The number of halogens is 2. The Morgan fingerprint density at radius 1 is 1.12 bits per heavy atom. The minimum atomic E-state index is -0.218. The van der Waals surface area contributed by atoms with Crippen molar-refractivity contribution in [2.24, 2.45) is 5.10 Å². The molecule has 0 aliphatic rings. The average molecular weight is 511 g/mol. The average Bonchev–Trinajstić information content (AvgIpc) is 2.79. The lowest BCUT2D eigenvalue weighted by Gasteiger charge is -2.11. The highest BCUT2D eigenvalue weighted by Gasteiger charge is 2.11. The Labute approximate surface area is 199 Å². The van der Waals surface area contributed by atoms with Crippen molar-refractivity contribution in [2.45, 2.75) is 26.4 Å². The van der Waals surface area contributed by atoms with Crippen LogP contribution in [0.5, 0.6) is 5.75 Å².